The Labute approximate surface area is 119 Å². The third-order valence-electron chi connectivity index (χ3n) is 4.54. The van der Waals surface area contributed by atoms with Crippen molar-refractivity contribution < 1.29 is 19.4 Å². The lowest BCUT2D eigenvalue weighted by molar-refractivity contribution is -0.146. The Morgan fingerprint density at radius 1 is 1.50 bits per heavy atom. The van der Waals surface area contributed by atoms with Gasteiger partial charge in [0.2, 0.25) is 0 Å². The number of hydrogen-bond acceptors (Lipinski definition) is 3. The summed E-state index contributed by atoms with van der Waals surface area (Å²) in [5.74, 6) is -0.458. The zero-order valence-corrected chi connectivity index (χ0v) is 12.2. The van der Waals surface area contributed by atoms with Crippen LogP contribution in [-0.2, 0) is 9.53 Å². The van der Waals surface area contributed by atoms with Crippen LogP contribution in [0.1, 0.15) is 33.1 Å². The zero-order valence-electron chi connectivity index (χ0n) is 12.2. The molecule has 2 aliphatic heterocycles. The van der Waals surface area contributed by atoms with E-state index in [-0.39, 0.29) is 18.7 Å². The van der Waals surface area contributed by atoms with Gasteiger partial charge < -0.3 is 20.1 Å². The molecule has 6 nitrogen and oxygen atoms in total. The Morgan fingerprint density at radius 3 is 2.85 bits per heavy atom. The summed E-state index contributed by atoms with van der Waals surface area (Å²) in [7, 11) is 0. The Balaban J connectivity index is 1.80. The van der Waals surface area contributed by atoms with E-state index >= 15 is 0 Å². The second-order valence-electron chi connectivity index (χ2n) is 6.09. The number of amides is 2. The smallest absolute Gasteiger partial charge is 0.317 e. The standard InChI is InChI=1S/C14H24N2O4/c1-3-11-10(4-7-20-11)8-15-13(19)16-6-5-14(2,9-16)12(17)18/h10-11H,3-9H2,1-2H3,(H,15,19)(H,17,18). The maximum absolute atomic E-state index is 12.1. The number of urea groups is 1. The highest BCUT2D eigenvalue weighted by atomic mass is 16.5. The van der Waals surface area contributed by atoms with Crippen LogP contribution in [0.2, 0.25) is 0 Å². The van der Waals surface area contributed by atoms with E-state index in [1.807, 2.05) is 0 Å². The number of hydrogen-bond donors (Lipinski definition) is 2. The number of nitrogens with zero attached hydrogens (tertiary/aromatic N) is 1. The minimum absolute atomic E-state index is 0.156. The van der Waals surface area contributed by atoms with E-state index in [2.05, 4.69) is 12.2 Å². The van der Waals surface area contributed by atoms with Crippen LogP contribution in [-0.4, -0.2) is 54.4 Å². The van der Waals surface area contributed by atoms with Gasteiger partial charge in [-0.3, -0.25) is 4.79 Å². The van der Waals surface area contributed by atoms with Crippen LogP contribution in [0.3, 0.4) is 0 Å². The topological polar surface area (TPSA) is 78.9 Å². The lowest BCUT2D eigenvalue weighted by Crippen LogP contribution is -2.43. The van der Waals surface area contributed by atoms with Gasteiger partial charge in [0, 0.05) is 32.2 Å². The van der Waals surface area contributed by atoms with Crippen molar-refractivity contribution in [2.45, 2.75) is 39.2 Å². The first-order valence-electron chi connectivity index (χ1n) is 7.34. The number of likely N-dealkylation sites (tertiary alicyclic amines) is 1. The second-order valence-corrected chi connectivity index (χ2v) is 6.09. The van der Waals surface area contributed by atoms with E-state index in [4.69, 9.17) is 9.84 Å². The Hall–Kier alpha value is -1.30. The quantitative estimate of drug-likeness (QED) is 0.816. The summed E-state index contributed by atoms with van der Waals surface area (Å²) in [6, 6.07) is -0.156. The van der Waals surface area contributed by atoms with Gasteiger partial charge in [0.15, 0.2) is 0 Å². The fourth-order valence-electron chi connectivity index (χ4n) is 3.02. The molecule has 0 aromatic rings. The maximum Gasteiger partial charge on any atom is 0.317 e. The van der Waals surface area contributed by atoms with Gasteiger partial charge in [-0.2, -0.15) is 0 Å². The SMILES string of the molecule is CCC1OCCC1CNC(=O)N1CCC(C)(C(=O)O)C1. The molecule has 0 radical (unpaired) electrons. The molecule has 0 spiro atoms. The van der Waals surface area contributed by atoms with E-state index < -0.39 is 11.4 Å². The number of carbonyl (C=O) groups is 2. The molecule has 114 valence electrons. The van der Waals surface area contributed by atoms with Crippen molar-refractivity contribution in [1.82, 2.24) is 10.2 Å². The van der Waals surface area contributed by atoms with Crippen LogP contribution in [0, 0.1) is 11.3 Å². The molecular weight excluding hydrogens is 260 g/mol. The highest BCUT2D eigenvalue weighted by molar-refractivity contribution is 5.79. The number of aliphatic carboxylic acids is 1. The van der Waals surface area contributed by atoms with E-state index in [0.29, 0.717) is 25.4 Å². The minimum Gasteiger partial charge on any atom is -0.481 e. The monoisotopic (exact) mass is 284 g/mol. The molecule has 2 rings (SSSR count). The summed E-state index contributed by atoms with van der Waals surface area (Å²) in [6.07, 6.45) is 2.69. The average Bonchev–Trinajstić information content (AvgIpc) is 3.03. The third-order valence-corrected chi connectivity index (χ3v) is 4.54. The lowest BCUT2D eigenvalue weighted by Gasteiger charge is -2.22. The van der Waals surface area contributed by atoms with Crippen molar-refractivity contribution in [3.05, 3.63) is 0 Å². The summed E-state index contributed by atoms with van der Waals surface area (Å²) in [6.45, 7) is 5.95. The molecule has 20 heavy (non-hydrogen) atoms. The normalized spacial score (nSPS) is 33.4. The molecule has 0 bridgehead atoms. The van der Waals surface area contributed by atoms with E-state index in [1.165, 1.54) is 0 Å². The van der Waals surface area contributed by atoms with Gasteiger partial charge in [0.1, 0.15) is 0 Å². The van der Waals surface area contributed by atoms with Crippen molar-refractivity contribution in [2.75, 3.05) is 26.2 Å². The van der Waals surface area contributed by atoms with Crippen LogP contribution >= 0.6 is 0 Å². The highest BCUT2D eigenvalue weighted by Crippen LogP contribution is 2.30. The molecule has 3 atom stereocenters. The molecule has 2 saturated heterocycles. The fraction of sp³-hybridized carbons (Fsp3) is 0.857. The number of carbonyl (C=O) groups excluding carboxylic acids is 1. The Kier molecular flexibility index (Phi) is 4.52. The first kappa shape index (κ1) is 15.1. The van der Waals surface area contributed by atoms with Gasteiger partial charge in [-0.15, -0.1) is 0 Å². The van der Waals surface area contributed by atoms with Crippen LogP contribution in [0.4, 0.5) is 4.79 Å². The van der Waals surface area contributed by atoms with Crippen LogP contribution in [0.25, 0.3) is 0 Å². The predicted molar refractivity (Wildman–Crippen MR) is 73.5 cm³/mol. The summed E-state index contributed by atoms with van der Waals surface area (Å²) < 4.78 is 5.59. The van der Waals surface area contributed by atoms with E-state index in [9.17, 15) is 9.59 Å². The summed E-state index contributed by atoms with van der Waals surface area (Å²) in [4.78, 5) is 24.9. The molecule has 2 fully saturated rings. The molecule has 0 aromatic carbocycles. The zero-order chi connectivity index (χ0) is 14.8. The molecule has 0 aliphatic carbocycles. The van der Waals surface area contributed by atoms with Gasteiger partial charge in [0.25, 0.3) is 0 Å². The van der Waals surface area contributed by atoms with Gasteiger partial charge in [0.05, 0.1) is 11.5 Å². The number of nitrogens with one attached hydrogen (secondary N) is 1. The lowest BCUT2D eigenvalue weighted by atomic mass is 9.90. The second kappa shape index (κ2) is 5.99. The van der Waals surface area contributed by atoms with Crippen molar-refractivity contribution in [3.8, 4) is 0 Å². The van der Waals surface area contributed by atoms with Gasteiger partial charge in [-0.05, 0) is 26.2 Å². The highest BCUT2D eigenvalue weighted by Gasteiger charge is 2.42. The van der Waals surface area contributed by atoms with Crippen LogP contribution < -0.4 is 5.32 Å². The van der Waals surface area contributed by atoms with Crippen molar-refractivity contribution in [3.63, 3.8) is 0 Å². The van der Waals surface area contributed by atoms with E-state index in [0.717, 1.165) is 19.4 Å². The summed E-state index contributed by atoms with van der Waals surface area (Å²) in [5, 5.41) is 12.1. The van der Waals surface area contributed by atoms with Crippen molar-refractivity contribution in [2.24, 2.45) is 11.3 Å². The molecule has 0 aromatic heterocycles. The Bertz CT molecular complexity index is 387. The van der Waals surface area contributed by atoms with Crippen LogP contribution in [0.5, 0.6) is 0 Å². The number of rotatable bonds is 4. The number of ether oxygens (including phenoxy) is 1. The maximum atomic E-state index is 12.1. The molecule has 0 saturated carbocycles. The third kappa shape index (κ3) is 3.06. The molecule has 2 aliphatic rings. The molecule has 2 heterocycles. The van der Waals surface area contributed by atoms with Gasteiger partial charge in [-0.1, -0.05) is 6.92 Å². The summed E-state index contributed by atoms with van der Waals surface area (Å²) in [5.41, 5.74) is -0.806. The fourth-order valence-corrected chi connectivity index (χ4v) is 3.02. The van der Waals surface area contributed by atoms with E-state index in [1.54, 1.807) is 11.8 Å². The first-order chi connectivity index (χ1) is 9.46. The molecule has 2 amide bonds. The van der Waals surface area contributed by atoms with Crippen LogP contribution in [0.15, 0.2) is 0 Å². The largest absolute Gasteiger partial charge is 0.481 e. The Morgan fingerprint density at radius 2 is 2.25 bits per heavy atom. The van der Waals surface area contributed by atoms with Crippen molar-refractivity contribution in [1.29, 1.82) is 0 Å². The minimum atomic E-state index is -0.831. The average molecular weight is 284 g/mol. The molecule has 2 N–H and O–H groups in total. The number of carboxylic acids is 1. The summed E-state index contributed by atoms with van der Waals surface area (Å²) >= 11 is 0. The predicted octanol–water partition coefficient (Wildman–Crippen LogP) is 1.31. The number of carboxylic acid groups (broad SMARTS) is 1. The molecular formula is C14H24N2O4. The molecule has 6 heteroatoms. The molecule has 3 unspecified atom stereocenters. The van der Waals surface area contributed by atoms with Gasteiger partial charge in [-0.25, -0.2) is 4.79 Å². The first-order valence-corrected chi connectivity index (χ1v) is 7.34. The van der Waals surface area contributed by atoms with Crippen molar-refractivity contribution >= 4 is 12.0 Å². The van der Waals surface area contributed by atoms with Gasteiger partial charge >= 0.3 is 12.0 Å².